The molecule has 2 heterocycles. The van der Waals surface area contributed by atoms with Crippen LogP contribution >= 0.6 is 27.3 Å². The molecule has 0 atom stereocenters. The van der Waals surface area contributed by atoms with Crippen molar-refractivity contribution in [2.75, 3.05) is 0 Å². The predicted molar refractivity (Wildman–Crippen MR) is 85.2 cm³/mol. The van der Waals surface area contributed by atoms with Crippen molar-refractivity contribution in [1.82, 2.24) is 4.90 Å². The molecule has 2 aromatic heterocycles. The standard InChI is InChI=1S/C15H18BrNO2S/c1-9(2)17(8-12-6-5-11(4)19-12)15(18)13-7-10(3)14(16)20-13/h5-7,9H,8H2,1-4H3. The zero-order chi connectivity index (χ0) is 14.9. The van der Waals surface area contributed by atoms with Gasteiger partial charge in [-0.1, -0.05) is 0 Å². The van der Waals surface area contributed by atoms with E-state index in [2.05, 4.69) is 15.9 Å². The monoisotopic (exact) mass is 355 g/mol. The van der Waals surface area contributed by atoms with Crippen LogP contribution in [0.5, 0.6) is 0 Å². The van der Waals surface area contributed by atoms with Crippen LogP contribution in [0.2, 0.25) is 0 Å². The number of hydrogen-bond donors (Lipinski definition) is 0. The molecule has 0 spiro atoms. The molecule has 0 bridgehead atoms. The molecule has 108 valence electrons. The Morgan fingerprint density at radius 2 is 2.10 bits per heavy atom. The maximum Gasteiger partial charge on any atom is 0.264 e. The highest BCUT2D eigenvalue weighted by Gasteiger charge is 2.22. The molecule has 0 saturated carbocycles. The number of rotatable bonds is 4. The van der Waals surface area contributed by atoms with E-state index in [1.807, 2.05) is 50.8 Å². The van der Waals surface area contributed by atoms with Gasteiger partial charge in [-0.3, -0.25) is 4.79 Å². The topological polar surface area (TPSA) is 33.5 Å². The SMILES string of the molecule is Cc1ccc(CN(C(=O)c2cc(C)c(Br)s2)C(C)C)o1. The minimum Gasteiger partial charge on any atom is -0.464 e. The molecule has 0 aliphatic carbocycles. The van der Waals surface area contributed by atoms with E-state index in [4.69, 9.17) is 4.42 Å². The van der Waals surface area contributed by atoms with Gasteiger partial charge in [0, 0.05) is 6.04 Å². The van der Waals surface area contributed by atoms with Gasteiger partial charge < -0.3 is 9.32 Å². The maximum atomic E-state index is 12.6. The molecule has 0 aliphatic rings. The smallest absolute Gasteiger partial charge is 0.264 e. The highest BCUT2D eigenvalue weighted by Crippen LogP contribution is 2.29. The molecular weight excluding hydrogens is 338 g/mol. The van der Waals surface area contributed by atoms with E-state index >= 15 is 0 Å². The molecule has 0 unspecified atom stereocenters. The number of nitrogens with zero attached hydrogens (tertiary/aromatic N) is 1. The van der Waals surface area contributed by atoms with Gasteiger partial charge >= 0.3 is 0 Å². The summed E-state index contributed by atoms with van der Waals surface area (Å²) < 4.78 is 6.59. The summed E-state index contributed by atoms with van der Waals surface area (Å²) in [6.45, 7) is 8.43. The van der Waals surface area contributed by atoms with Crippen molar-refractivity contribution in [2.24, 2.45) is 0 Å². The fraction of sp³-hybridized carbons (Fsp3) is 0.400. The number of aryl methyl sites for hydroxylation is 2. The average Bonchev–Trinajstić information content (AvgIpc) is 2.92. The Labute approximate surface area is 131 Å². The lowest BCUT2D eigenvalue weighted by atomic mass is 10.2. The summed E-state index contributed by atoms with van der Waals surface area (Å²) in [7, 11) is 0. The zero-order valence-corrected chi connectivity index (χ0v) is 14.5. The second-order valence-electron chi connectivity index (χ2n) is 5.11. The van der Waals surface area contributed by atoms with Gasteiger partial charge in [0.2, 0.25) is 0 Å². The van der Waals surface area contributed by atoms with Crippen molar-refractivity contribution in [3.05, 3.63) is 43.9 Å². The van der Waals surface area contributed by atoms with Crippen molar-refractivity contribution < 1.29 is 9.21 Å². The van der Waals surface area contributed by atoms with Crippen molar-refractivity contribution in [2.45, 2.75) is 40.3 Å². The molecule has 2 rings (SSSR count). The quantitative estimate of drug-likeness (QED) is 0.791. The predicted octanol–water partition coefficient (Wildman–Crippen LogP) is 4.77. The number of hydrogen-bond acceptors (Lipinski definition) is 3. The maximum absolute atomic E-state index is 12.6. The molecule has 0 aromatic carbocycles. The Morgan fingerprint density at radius 1 is 1.40 bits per heavy atom. The summed E-state index contributed by atoms with van der Waals surface area (Å²) in [5.41, 5.74) is 1.09. The number of halogens is 1. The lowest BCUT2D eigenvalue weighted by Crippen LogP contribution is -2.35. The van der Waals surface area contributed by atoms with E-state index in [0.29, 0.717) is 6.54 Å². The Balaban J connectivity index is 2.22. The molecule has 0 saturated heterocycles. The number of carbonyl (C=O) groups is 1. The minimum atomic E-state index is 0.0489. The summed E-state index contributed by atoms with van der Waals surface area (Å²) in [5, 5.41) is 0. The summed E-state index contributed by atoms with van der Waals surface area (Å²) in [6.07, 6.45) is 0. The van der Waals surface area contributed by atoms with Gasteiger partial charge in [0.15, 0.2) is 0 Å². The largest absolute Gasteiger partial charge is 0.464 e. The third-order valence-electron chi connectivity index (χ3n) is 3.07. The van der Waals surface area contributed by atoms with Crippen LogP contribution in [0.1, 0.15) is 40.6 Å². The molecule has 1 amide bonds. The van der Waals surface area contributed by atoms with Crippen molar-refractivity contribution >= 4 is 33.2 Å². The Kier molecular flexibility index (Phi) is 4.70. The van der Waals surface area contributed by atoms with Crippen LogP contribution in [-0.2, 0) is 6.54 Å². The van der Waals surface area contributed by atoms with E-state index in [0.717, 1.165) is 25.7 Å². The molecule has 0 N–H and O–H groups in total. The highest BCUT2D eigenvalue weighted by molar-refractivity contribution is 9.11. The van der Waals surface area contributed by atoms with Gasteiger partial charge in [-0.05, 0) is 67.4 Å². The fourth-order valence-electron chi connectivity index (χ4n) is 1.93. The highest BCUT2D eigenvalue weighted by atomic mass is 79.9. The van der Waals surface area contributed by atoms with E-state index in [1.165, 1.54) is 11.3 Å². The normalized spacial score (nSPS) is 11.1. The van der Waals surface area contributed by atoms with Crippen LogP contribution in [0.4, 0.5) is 0 Å². The van der Waals surface area contributed by atoms with Gasteiger partial charge in [0.05, 0.1) is 15.2 Å². The second kappa shape index (κ2) is 6.14. The van der Waals surface area contributed by atoms with E-state index in [9.17, 15) is 4.79 Å². The van der Waals surface area contributed by atoms with E-state index in [1.54, 1.807) is 0 Å². The van der Waals surface area contributed by atoms with Crippen LogP contribution in [-0.4, -0.2) is 16.8 Å². The fourth-order valence-corrected chi connectivity index (χ4v) is 3.42. The molecule has 0 radical (unpaired) electrons. The molecule has 2 aromatic rings. The summed E-state index contributed by atoms with van der Waals surface area (Å²) >= 11 is 4.95. The van der Waals surface area contributed by atoms with Crippen LogP contribution < -0.4 is 0 Å². The van der Waals surface area contributed by atoms with Crippen LogP contribution in [0.3, 0.4) is 0 Å². The first kappa shape index (κ1) is 15.3. The molecular formula is C15H18BrNO2S. The lowest BCUT2D eigenvalue weighted by Gasteiger charge is -2.25. The molecule has 5 heteroatoms. The van der Waals surface area contributed by atoms with Crippen LogP contribution in [0.15, 0.2) is 26.4 Å². The number of carbonyl (C=O) groups excluding carboxylic acids is 1. The van der Waals surface area contributed by atoms with Crippen molar-refractivity contribution in [3.63, 3.8) is 0 Å². The first-order valence-corrected chi connectivity index (χ1v) is 8.11. The van der Waals surface area contributed by atoms with E-state index < -0.39 is 0 Å². The molecule has 20 heavy (non-hydrogen) atoms. The first-order valence-electron chi connectivity index (χ1n) is 6.50. The summed E-state index contributed by atoms with van der Waals surface area (Å²) in [6, 6.07) is 5.89. The van der Waals surface area contributed by atoms with Crippen molar-refractivity contribution in [3.8, 4) is 0 Å². The van der Waals surface area contributed by atoms with Crippen LogP contribution in [0, 0.1) is 13.8 Å². The number of thiophene rings is 1. The average molecular weight is 356 g/mol. The van der Waals surface area contributed by atoms with Gasteiger partial charge in [-0.25, -0.2) is 0 Å². The Hall–Kier alpha value is -1.07. The van der Waals surface area contributed by atoms with Gasteiger partial charge in [0.25, 0.3) is 5.91 Å². The number of furan rings is 1. The Bertz CT molecular complexity index is 596. The Morgan fingerprint density at radius 3 is 2.55 bits per heavy atom. The van der Waals surface area contributed by atoms with E-state index in [-0.39, 0.29) is 11.9 Å². The first-order chi connectivity index (χ1) is 9.38. The molecule has 0 fully saturated rings. The third-order valence-corrected chi connectivity index (χ3v) is 5.20. The third kappa shape index (κ3) is 3.33. The van der Waals surface area contributed by atoms with Crippen LogP contribution in [0.25, 0.3) is 0 Å². The second-order valence-corrected chi connectivity index (χ2v) is 7.48. The van der Waals surface area contributed by atoms with Gasteiger partial charge in [-0.15, -0.1) is 11.3 Å². The summed E-state index contributed by atoms with van der Waals surface area (Å²) in [4.78, 5) is 15.2. The van der Waals surface area contributed by atoms with Gasteiger partial charge in [-0.2, -0.15) is 0 Å². The van der Waals surface area contributed by atoms with Gasteiger partial charge in [0.1, 0.15) is 11.5 Å². The van der Waals surface area contributed by atoms with Crippen molar-refractivity contribution in [1.29, 1.82) is 0 Å². The molecule has 0 aliphatic heterocycles. The molecule has 3 nitrogen and oxygen atoms in total. The lowest BCUT2D eigenvalue weighted by molar-refractivity contribution is 0.0680. The zero-order valence-electron chi connectivity index (χ0n) is 12.1. The number of amides is 1. The minimum absolute atomic E-state index is 0.0489. The summed E-state index contributed by atoms with van der Waals surface area (Å²) in [5.74, 6) is 1.73.